The number of phenolic OH excluding ortho intramolecular Hbond substituents is 1. The van der Waals surface area contributed by atoms with Crippen LogP contribution in [-0.2, 0) is 6.54 Å². The number of ether oxygens (including phenoxy) is 1. The summed E-state index contributed by atoms with van der Waals surface area (Å²) in [4.78, 5) is 0. The van der Waals surface area contributed by atoms with Crippen molar-refractivity contribution in [2.45, 2.75) is 20.1 Å². The molecular weight excluding hydrogens is 283 g/mol. The Morgan fingerprint density at radius 2 is 1.95 bits per heavy atom. The molecule has 0 amide bonds. The van der Waals surface area contributed by atoms with E-state index in [1.165, 1.54) is 24.3 Å². The van der Waals surface area contributed by atoms with Crippen molar-refractivity contribution in [2.24, 2.45) is 0 Å². The molecule has 0 aliphatic heterocycles. The van der Waals surface area contributed by atoms with Crippen molar-refractivity contribution in [1.29, 1.82) is 0 Å². The van der Waals surface area contributed by atoms with Gasteiger partial charge in [-0.15, -0.1) is 0 Å². The second kappa shape index (κ2) is 6.39. The van der Waals surface area contributed by atoms with E-state index in [0.717, 1.165) is 11.3 Å². The van der Waals surface area contributed by atoms with Crippen LogP contribution in [0.4, 0.5) is 18.9 Å². The first-order valence-electron chi connectivity index (χ1n) is 6.22. The minimum atomic E-state index is -2.86. The van der Waals surface area contributed by atoms with Crippen LogP contribution in [0.25, 0.3) is 0 Å². The average molecular weight is 297 g/mol. The van der Waals surface area contributed by atoms with Crippen molar-refractivity contribution in [3.63, 3.8) is 0 Å². The summed E-state index contributed by atoms with van der Waals surface area (Å²) in [6, 6.07) is 8.60. The van der Waals surface area contributed by atoms with Crippen LogP contribution in [0.5, 0.6) is 11.5 Å². The summed E-state index contributed by atoms with van der Waals surface area (Å²) in [7, 11) is 0. The molecular formula is C15H14F3NO2. The summed E-state index contributed by atoms with van der Waals surface area (Å²) in [6.07, 6.45) is 0. The van der Waals surface area contributed by atoms with E-state index in [1.54, 1.807) is 19.1 Å². The van der Waals surface area contributed by atoms with E-state index in [1.807, 2.05) is 0 Å². The summed E-state index contributed by atoms with van der Waals surface area (Å²) >= 11 is 0. The fraction of sp³-hybridized carbons (Fsp3) is 0.200. The van der Waals surface area contributed by atoms with Crippen LogP contribution in [0.15, 0.2) is 36.4 Å². The number of aromatic hydroxyl groups is 1. The Kier molecular flexibility index (Phi) is 4.57. The van der Waals surface area contributed by atoms with Gasteiger partial charge in [0.2, 0.25) is 0 Å². The monoisotopic (exact) mass is 297 g/mol. The first kappa shape index (κ1) is 15.0. The van der Waals surface area contributed by atoms with E-state index in [9.17, 15) is 18.3 Å². The van der Waals surface area contributed by atoms with Gasteiger partial charge >= 0.3 is 6.61 Å². The van der Waals surface area contributed by atoms with Gasteiger partial charge in [-0.2, -0.15) is 8.78 Å². The zero-order valence-electron chi connectivity index (χ0n) is 11.2. The number of hydrogen-bond donors (Lipinski definition) is 2. The highest BCUT2D eigenvalue weighted by atomic mass is 19.3. The van der Waals surface area contributed by atoms with Crippen molar-refractivity contribution in [2.75, 3.05) is 5.32 Å². The largest absolute Gasteiger partial charge is 0.505 e. The van der Waals surface area contributed by atoms with Crippen LogP contribution in [0.3, 0.4) is 0 Å². The fourth-order valence-corrected chi connectivity index (χ4v) is 1.88. The number of alkyl halides is 2. The molecule has 0 heterocycles. The fourth-order valence-electron chi connectivity index (χ4n) is 1.88. The Morgan fingerprint density at radius 3 is 2.57 bits per heavy atom. The Morgan fingerprint density at radius 1 is 1.19 bits per heavy atom. The number of phenols is 1. The van der Waals surface area contributed by atoms with Gasteiger partial charge in [-0.05, 0) is 48.4 Å². The maximum atomic E-state index is 12.9. The molecule has 112 valence electrons. The normalized spacial score (nSPS) is 10.7. The summed E-state index contributed by atoms with van der Waals surface area (Å²) in [5, 5.41) is 12.4. The smallest absolute Gasteiger partial charge is 0.387 e. The van der Waals surface area contributed by atoms with Crippen molar-refractivity contribution in [1.82, 2.24) is 0 Å². The quantitative estimate of drug-likeness (QED) is 0.874. The van der Waals surface area contributed by atoms with Gasteiger partial charge in [0.1, 0.15) is 5.75 Å². The van der Waals surface area contributed by atoms with Crippen LogP contribution in [-0.4, -0.2) is 11.7 Å². The van der Waals surface area contributed by atoms with Crippen molar-refractivity contribution in [3.05, 3.63) is 53.3 Å². The van der Waals surface area contributed by atoms with Gasteiger partial charge in [-0.3, -0.25) is 0 Å². The van der Waals surface area contributed by atoms with Gasteiger partial charge in [-0.1, -0.05) is 6.07 Å². The van der Waals surface area contributed by atoms with E-state index in [4.69, 9.17) is 0 Å². The molecule has 0 spiro atoms. The highest BCUT2D eigenvalue weighted by molar-refractivity contribution is 5.54. The van der Waals surface area contributed by atoms with Gasteiger partial charge in [-0.25, -0.2) is 4.39 Å². The maximum Gasteiger partial charge on any atom is 0.387 e. The predicted octanol–water partition coefficient (Wildman–Crippen LogP) is 4.05. The molecule has 21 heavy (non-hydrogen) atoms. The summed E-state index contributed by atoms with van der Waals surface area (Å²) in [6.45, 7) is -0.739. The second-order valence-corrected chi connectivity index (χ2v) is 4.49. The number of anilines is 1. The van der Waals surface area contributed by atoms with Crippen LogP contribution < -0.4 is 10.1 Å². The first-order chi connectivity index (χ1) is 9.95. The first-order valence-corrected chi connectivity index (χ1v) is 6.22. The molecule has 0 aliphatic carbocycles. The van der Waals surface area contributed by atoms with E-state index < -0.39 is 18.2 Å². The second-order valence-electron chi connectivity index (χ2n) is 4.49. The minimum Gasteiger partial charge on any atom is -0.505 e. The third kappa shape index (κ3) is 4.05. The number of halogens is 3. The lowest BCUT2D eigenvalue weighted by Crippen LogP contribution is -2.04. The molecule has 0 atom stereocenters. The number of aryl methyl sites for hydroxylation is 1. The lowest BCUT2D eigenvalue weighted by Gasteiger charge is -2.12. The molecule has 2 rings (SSSR count). The van der Waals surface area contributed by atoms with Crippen molar-refractivity contribution < 1.29 is 23.0 Å². The summed E-state index contributed by atoms with van der Waals surface area (Å²) in [5.74, 6) is -0.998. The molecule has 2 aromatic carbocycles. The third-order valence-corrected chi connectivity index (χ3v) is 2.92. The Labute approximate surface area is 120 Å². The lowest BCUT2D eigenvalue weighted by molar-refractivity contribution is -0.0498. The van der Waals surface area contributed by atoms with E-state index in [0.29, 0.717) is 12.1 Å². The van der Waals surface area contributed by atoms with Crippen LogP contribution in [0.1, 0.15) is 11.1 Å². The molecule has 2 N–H and O–H groups in total. The van der Waals surface area contributed by atoms with Crippen molar-refractivity contribution in [3.8, 4) is 11.5 Å². The summed E-state index contributed by atoms with van der Waals surface area (Å²) in [5.41, 5.74) is 2.17. The van der Waals surface area contributed by atoms with Crippen molar-refractivity contribution >= 4 is 5.69 Å². The minimum absolute atomic E-state index is 0.0903. The number of benzene rings is 2. The van der Waals surface area contributed by atoms with Gasteiger partial charge < -0.3 is 15.2 Å². The lowest BCUT2D eigenvalue weighted by atomic mass is 10.1. The van der Waals surface area contributed by atoms with Gasteiger partial charge in [0.05, 0.1) is 0 Å². The predicted molar refractivity (Wildman–Crippen MR) is 73.2 cm³/mol. The molecule has 0 saturated heterocycles. The van der Waals surface area contributed by atoms with Gasteiger partial charge in [0.25, 0.3) is 0 Å². The van der Waals surface area contributed by atoms with E-state index in [2.05, 4.69) is 10.1 Å². The van der Waals surface area contributed by atoms with Gasteiger partial charge in [0.15, 0.2) is 11.6 Å². The SMILES string of the molecule is Cc1cc(OC(F)F)ccc1NCc1ccc(F)c(O)c1. The van der Waals surface area contributed by atoms with Crippen LogP contribution >= 0.6 is 0 Å². The molecule has 3 nitrogen and oxygen atoms in total. The molecule has 0 aliphatic rings. The molecule has 0 aromatic heterocycles. The van der Waals surface area contributed by atoms with E-state index >= 15 is 0 Å². The molecule has 6 heteroatoms. The zero-order valence-corrected chi connectivity index (χ0v) is 11.2. The maximum absolute atomic E-state index is 12.9. The van der Waals surface area contributed by atoms with Crippen LogP contribution in [0.2, 0.25) is 0 Å². The van der Waals surface area contributed by atoms with Gasteiger partial charge in [0, 0.05) is 12.2 Å². The molecule has 0 saturated carbocycles. The van der Waals surface area contributed by atoms with Crippen LogP contribution in [0, 0.1) is 12.7 Å². The highest BCUT2D eigenvalue weighted by Gasteiger charge is 2.07. The highest BCUT2D eigenvalue weighted by Crippen LogP contribution is 2.24. The van der Waals surface area contributed by atoms with E-state index in [-0.39, 0.29) is 5.75 Å². The number of nitrogens with one attached hydrogen (secondary N) is 1. The zero-order chi connectivity index (χ0) is 15.4. The molecule has 0 fully saturated rings. The molecule has 0 radical (unpaired) electrons. The Hall–Kier alpha value is -2.37. The Balaban J connectivity index is 2.04. The topological polar surface area (TPSA) is 41.5 Å². The number of hydrogen-bond acceptors (Lipinski definition) is 3. The number of rotatable bonds is 5. The molecule has 0 unspecified atom stereocenters. The average Bonchev–Trinajstić information content (AvgIpc) is 2.41. The molecule has 2 aromatic rings. The summed E-state index contributed by atoms with van der Waals surface area (Å²) < 4.78 is 41.4. The third-order valence-electron chi connectivity index (χ3n) is 2.92. The Bertz CT molecular complexity index is 632. The molecule has 0 bridgehead atoms. The standard InChI is InChI=1S/C15H14F3NO2/c1-9-6-11(21-15(17)18)3-5-13(9)19-8-10-2-4-12(16)14(20)7-10/h2-7,15,19-20H,8H2,1H3.